The van der Waals surface area contributed by atoms with Gasteiger partial charge in [-0.15, -0.1) is 0 Å². The van der Waals surface area contributed by atoms with Gasteiger partial charge in [-0.25, -0.2) is 4.98 Å². The van der Waals surface area contributed by atoms with Crippen molar-refractivity contribution in [2.75, 3.05) is 31.5 Å². The van der Waals surface area contributed by atoms with Crippen LogP contribution in [0.5, 0.6) is 0 Å². The molecule has 1 N–H and O–H groups in total. The maximum absolute atomic E-state index is 12.7. The molecular weight excluding hydrogens is 300 g/mol. The van der Waals surface area contributed by atoms with E-state index in [4.69, 9.17) is 0 Å². The Bertz CT molecular complexity index is 567. The normalized spacial score (nSPS) is 18.7. The number of anilines is 1. The van der Waals surface area contributed by atoms with Gasteiger partial charge in [-0.05, 0) is 39.3 Å². The third kappa shape index (κ3) is 4.57. The van der Waals surface area contributed by atoms with E-state index in [1.54, 1.807) is 6.20 Å². The fraction of sp³-hybridized carbons (Fsp3) is 0.579. The van der Waals surface area contributed by atoms with Crippen LogP contribution in [0.1, 0.15) is 44.5 Å². The number of aromatic nitrogens is 1. The van der Waals surface area contributed by atoms with Crippen LogP contribution in [0.3, 0.4) is 0 Å². The smallest absolute Gasteiger partial charge is 0.255 e. The van der Waals surface area contributed by atoms with Gasteiger partial charge in [-0.1, -0.05) is 19.1 Å². The van der Waals surface area contributed by atoms with E-state index in [0.717, 1.165) is 37.4 Å². The molecule has 1 atom stereocenters. The lowest BCUT2D eigenvalue weighted by Crippen LogP contribution is -2.56. The van der Waals surface area contributed by atoms with Crippen molar-refractivity contribution in [3.8, 4) is 0 Å². The van der Waals surface area contributed by atoms with E-state index in [1.165, 1.54) is 0 Å². The number of hydrogen-bond acceptors (Lipinski definition) is 4. The molecule has 1 aliphatic rings. The molecule has 1 amide bonds. The van der Waals surface area contributed by atoms with Crippen LogP contribution in [0, 0.1) is 0 Å². The summed E-state index contributed by atoms with van der Waals surface area (Å²) in [6, 6.07) is 4.67. The highest BCUT2D eigenvalue weighted by molar-refractivity contribution is 5.94. The minimum absolute atomic E-state index is 0.0795. The lowest BCUT2D eigenvalue weighted by molar-refractivity contribution is 0.0371. The van der Waals surface area contributed by atoms with Gasteiger partial charge < -0.3 is 10.2 Å². The number of carbonyl (C=O) groups is 1. The summed E-state index contributed by atoms with van der Waals surface area (Å²) in [5, 5.41) is 3.18. The Labute approximate surface area is 145 Å². The van der Waals surface area contributed by atoms with Gasteiger partial charge in [0.05, 0.1) is 5.56 Å². The first-order valence-corrected chi connectivity index (χ1v) is 8.81. The van der Waals surface area contributed by atoms with E-state index < -0.39 is 0 Å². The summed E-state index contributed by atoms with van der Waals surface area (Å²) in [6.07, 6.45) is 2.73. The fourth-order valence-corrected chi connectivity index (χ4v) is 3.15. The van der Waals surface area contributed by atoms with Crippen molar-refractivity contribution in [2.24, 2.45) is 0 Å². The maximum atomic E-state index is 12.7. The maximum Gasteiger partial charge on any atom is 0.255 e. The summed E-state index contributed by atoms with van der Waals surface area (Å²) < 4.78 is 0. The van der Waals surface area contributed by atoms with Gasteiger partial charge in [0.2, 0.25) is 0 Å². The Morgan fingerprint density at radius 1 is 1.42 bits per heavy atom. The monoisotopic (exact) mass is 330 g/mol. The van der Waals surface area contributed by atoms with Gasteiger partial charge in [0, 0.05) is 44.5 Å². The molecule has 1 unspecified atom stereocenters. The molecule has 5 heteroatoms. The zero-order valence-electron chi connectivity index (χ0n) is 15.4. The van der Waals surface area contributed by atoms with Crippen molar-refractivity contribution in [1.29, 1.82) is 0 Å². The molecule has 2 heterocycles. The zero-order chi connectivity index (χ0) is 17.7. The second-order valence-electron chi connectivity index (χ2n) is 6.89. The SMILES string of the molecule is C=C(C)CNc1ccc(C(=O)N2CCN(C(C)C)C(CC)C2)cn1. The molecule has 0 aliphatic carbocycles. The number of hydrogen-bond donors (Lipinski definition) is 1. The Hall–Kier alpha value is -1.88. The molecule has 5 nitrogen and oxygen atoms in total. The minimum Gasteiger partial charge on any atom is -0.366 e. The van der Waals surface area contributed by atoms with E-state index >= 15 is 0 Å². The first-order valence-electron chi connectivity index (χ1n) is 8.81. The zero-order valence-corrected chi connectivity index (χ0v) is 15.4. The Kier molecular flexibility index (Phi) is 6.37. The quantitative estimate of drug-likeness (QED) is 0.815. The summed E-state index contributed by atoms with van der Waals surface area (Å²) in [6.45, 7) is 15.7. The molecule has 2 rings (SSSR count). The first-order chi connectivity index (χ1) is 11.4. The van der Waals surface area contributed by atoms with E-state index in [9.17, 15) is 4.79 Å². The van der Waals surface area contributed by atoms with Crippen LogP contribution in [0.15, 0.2) is 30.5 Å². The highest BCUT2D eigenvalue weighted by Gasteiger charge is 2.30. The molecule has 1 aromatic heterocycles. The number of nitrogens with one attached hydrogen (secondary N) is 1. The number of nitrogens with zero attached hydrogens (tertiary/aromatic N) is 3. The average Bonchev–Trinajstić information content (AvgIpc) is 2.59. The van der Waals surface area contributed by atoms with Crippen molar-refractivity contribution in [3.05, 3.63) is 36.0 Å². The molecule has 1 saturated heterocycles. The highest BCUT2D eigenvalue weighted by Crippen LogP contribution is 2.18. The summed E-state index contributed by atoms with van der Waals surface area (Å²) in [5.74, 6) is 0.849. The summed E-state index contributed by atoms with van der Waals surface area (Å²) in [4.78, 5) is 21.5. The average molecular weight is 330 g/mol. The van der Waals surface area contributed by atoms with Crippen LogP contribution in [-0.2, 0) is 0 Å². The van der Waals surface area contributed by atoms with Crippen molar-refractivity contribution in [2.45, 2.75) is 46.2 Å². The Morgan fingerprint density at radius 3 is 2.71 bits per heavy atom. The number of rotatable bonds is 6. The van der Waals surface area contributed by atoms with Crippen molar-refractivity contribution in [1.82, 2.24) is 14.8 Å². The molecule has 0 spiro atoms. The predicted molar refractivity (Wildman–Crippen MR) is 99.4 cm³/mol. The highest BCUT2D eigenvalue weighted by atomic mass is 16.2. The van der Waals surface area contributed by atoms with Crippen molar-refractivity contribution < 1.29 is 4.79 Å². The lowest BCUT2D eigenvalue weighted by Gasteiger charge is -2.43. The van der Waals surface area contributed by atoms with Crippen LogP contribution in [0.2, 0.25) is 0 Å². The Balaban J connectivity index is 2.00. The second kappa shape index (κ2) is 8.29. The lowest BCUT2D eigenvalue weighted by atomic mass is 10.1. The molecule has 0 aromatic carbocycles. The van der Waals surface area contributed by atoms with E-state index in [1.807, 2.05) is 24.0 Å². The first kappa shape index (κ1) is 18.5. The van der Waals surface area contributed by atoms with Gasteiger partial charge >= 0.3 is 0 Å². The summed E-state index contributed by atoms with van der Waals surface area (Å²) in [5.41, 5.74) is 1.70. The molecule has 0 saturated carbocycles. The van der Waals surface area contributed by atoms with Crippen molar-refractivity contribution >= 4 is 11.7 Å². The third-order valence-electron chi connectivity index (χ3n) is 4.53. The Morgan fingerprint density at radius 2 is 2.17 bits per heavy atom. The van der Waals surface area contributed by atoms with Crippen LogP contribution in [-0.4, -0.2) is 59.0 Å². The summed E-state index contributed by atoms with van der Waals surface area (Å²) >= 11 is 0. The number of amides is 1. The molecular formula is C19H30N4O. The summed E-state index contributed by atoms with van der Waals surface area (Å²) in [7, 11) is 0. The number of carbonyl (C=O) groups excluding carboxylic acids is 1. The number of piperazine rings is 1. The molecule has 1 fully saturated rings. The molecule has 0 radical (unpaired) electrons. The van der Waals surface area contributed by atoms with Crippen LogP contribution < -0.4 is 5.32 Å². The molecule has 0 bridgehead atoms. The van der Waals surface area contributed by atoms with E-state index in [0.29, 0.717) is 24.2 Å². The van der Waals surface area contributed by atoms with Crippen LogP contribution >= 0.6 is 0 Å². The van der Waals surface area contributed by atoms with Gasteiger partial charge in [-0.3, -0.25) is 9.69 Å². The van der Waals surface area contributed by atoms with E-state index in [-0.39, 0.29) is 5.91 Å². The number of pyridine rings is 1. The van der Waals surface area contributed by atoms with Gasteiger partial charge in [0.1, 0.15) is 5.82 Å². The van der Waals surface area contributed by atoms with Gasteiger partial charge in [0.25, 0.3) is 5.91 Å². The van der Waals surface area contributed by atoms with Gasteiger partial charge in [-0.2, -0.15) is 0 Å². The fourth-order valence-electron chi connectivity index (χ4n) is 3.15. The van der Waals surface area contributed by atoms with Crippen molar-refractivity contribution in [3.63, 3.8) is 0 Å². The largest absolute Gasteiger partial charge is 0.366 e. The second-order valence-corrected chi connectivity index (χ2v) is 6.89. The molecule has 1 aromatic rings. The van der Waals surface area contributed by atoms with Gasteiger partial charge in [0.15, 0.2) is 0 Å². The van der Waals surface area contributed by atoms with Crippen LogP contribution in [0.25, 0.3) is 0 Å². The van der Waals surface area contributed by atoms with E-state index in [2.05, 4.69) is 42.6 Å². The van der Waals surface area contributed by atoms with Crippen LogP contribution in [0.4, 0.5) is 5.82 Å². The molecule has 132 valence electrons. The molecule has 24 heavy (non-hydrogen) atoms. The standard InChI is InChI=1S/C19H30N4O/c1-6-17-13-22(9-10-23(17)15(4)5)19(24)16-7-8-18(21-12-16)20-11-14(2)3/h7-8,12,15,17H,2,6,9-11,13H2,1,3-5H3,(H,20,21). The minimum atomic E-state index is 0.0795. The topological polar surface area (TPSA) is 48.5 Å². The third-order valence-corrected chi connectivity index (χ3v) is 4.53. The predicted octanol–water partition coefficient (Wildman–Crippen LogP) is 3.01. The molecule has 1 aliphatic heterocycles.